The van der Waals surface area contributed by atoms with Gasteiger partial charge in [-0.25, -0.2) is 9.78 Å². The Kier molecular flexibility index (Phi) is 4.13. The number of carbonyl (C=O) groups excluding carboxylic acids is 1. The third-order valence-corrected chi connectivity index (χ3v) is 4.11. The smallest absolute Gasteiger partial charge is 0.419 e. The van der Waals surface area contributed by atoms with Crippen LogP contribution in [0.15, 0.2) is 64.8 Å². The third kappa shape index (κ3) is 3.56. The van der Waals surface area contributed by atoms with Gasteiger partial charge in [0.1, 0.15) is 10.6 Å². The minimum absolute atomic E-state index is 0.374. The van der Waals surface area contributed by atoms with E-state index < -0.39 is 5.60 Å². The number of benzene rings is 1. The summed E-state index contributed by atoms with van der Waals surface area (Å²) in [6, 6.07) is 13.6. The van der Waals surface area contributed by atoms with Gasteiger partial charge in [-0.1, -0.05) is 36.0 Å². The summed E-state index contributed by atoms with van der Waals surface area (Å²) in [5.41, 5.74) is 0.302. The summed E-state index contributed by atoms with van der Waals surface area (Å²) in [6.45, 7) is 5.58. The first-order valence-corrected chi connectivity index (χ1v) is 8.18. The largest absolute Gasteiger partial charge is 0.443 e. The first kappa shape index (κ1) is 15.6. The number of aromatic nitrogens is 2. The van der Waals surface area contributed by atoms with E-state index in [0.29, 0.717) is 0 Å². The van der Waals surface area contributed by atoms with Crippen LogP contribution in [-0.4, -0.2) is 21.2 Å². The van der Waals surface area contributed by atoms with Crippen LogP contribution in [0.5, 0.6) is 0 Å². The molecular formula is C18H18N2O2S. The molecule has 3 aromatic rings. The number of ether oxygens (including phenoxy) is 1. The molecule has 0 atom stereocenters. The zero-order valence-corrected chi connectivity index (χ0v) is 14.1. The Balaban J connectivity index is 2.02. The molecular weight excluding hydrogens is 308 g/mol. The molecule has 0 aliphatic carbocycles. The lowest BCUT2D eigenvalue weighted by molar-refractivity contribution is 0.0544. The average molecular weight is 326 g/mol. The van der Waals surface area contributed by atoms with E-state index in [4.69, 9.17) is 4.74 Å². The van der Waals surface area contributed by atoms with E-state index in [-0.39, 0.29) is 6.09 Å². The number of nitrogens with zero attached hydrogens (tertiary/aromatic N) is 2. The van der Waals surface area contributed by atoms with Crippen molar-refractivity contribution in [1.29, 1.82) is 0 Å². The third-order valence-electron chi connectivity index (χ3n) is 3.12. The molecule has 2 aromatic heterocycles. The van der Waals surface area contributed by atoms with Gasteiger partial charge in [-0.05, 0) is 39.0 Å². The van der Waals surface area contributed by atoms with Gasteiger partial charge in [0.25, 0.3) is 0 Å². The van der Waals surface area contributed by atoms with Crippen molar-refractivity contribution in [1.82, 2.24) is 9.55 Å². The quantitative estimate of drug-likeness (QED) is 0.667. The Labute approximate surface area is 139 Å². The van der Waals surface area contributed by atoms with E-state index in [9.17, 15) is 4.79 Å². The van der Waals surface area contributed by atoms with E-state index >= 15 is 0 Å². The van der Waals surface area contributed by atoms with Gasteiger partial charge in [-0.3, -0.25) is 4.57 Å². The van der Waals surface area contributed by atoms with E-state index in [1.165, 1.54) is 11.8 Å². The van der Waals surface area contributed by atoms with Crippen molar-refractivity contribution in [3.8, 4) is 0 Å². The molecule has 0 radical (unpaired) electrons. The van der Waals surface area contributed by atoms with Crippen molar-refractivity contribution >= 4 is 28.8 Å². The number of carbonyl (C=O) groups is 1. The molecule has 0 aliphatic heterocycles. The Morgan fingerprint density at radius 3 is 2.57 bits per heavy atom. The highest BCUT2D eigenvalue weighted by molar-refractivity contribution is 7.99. The second kappa shape index (κ2) is 6.08. The molecule has 2 heterocycles. The van der Waals surface area contributed by atoms with Crippen LogP contribution in [-0.2, 0) is 4.74 Å². The van der Waals surface area contributed by atoms with Crippen molar-refractivity contribution in [2.45, 2.75) is 36.3 Å². The fourth-order valence-electron chi connectivity index (χ4n) is 2.21. The zero-order valence-electron chi connectivity index (χ0n) is 13.3. The molecule has 0 N–H and O–H groups in total. The standard InChI is InChI=1S/C18H18N2O2S/c1-18(2,3)22-17(21)20-12-15(13-8-4-5-9-14(13)20)23-16-10-6-7-11-19-16/h4-12H,1-3H3. The first-order chi connectivity index (χ1) is 10.9. The van der Waals surface area contributed by atoms with Crippen LogP contribution < -0.4 is 0 Å². The molecule has 4 nitrogen and oxygen atoms in total. The van der Waals surface area contributed by atoms with Gasteiger partial charge in [0.05, 0.1) is 5.52 Å². The number of pyridine rings is 1. The minimum atomic E-state index is -0.531. The van der Waals surface area contributed by atoms with Crippen LogP contribution >= 0.6 is 11.8 Å². The van der Waals surface area contributed by atoms with Crippen LogP contribution in [0.1, 0.15) is 20.8 Å². The topological polar surface area (TPSA) is 44.1 Å². The van der Waals surface area contributed by atoms with Crippen LogP contribution in [0.4, 0.5) is 4.79 Å². The lowest BCUT2D eigenvalue weighted by Gasteiger charge is -2.19. The van der Waals surface area contributed by atoms with Gasteiger partial charge in [0.2, 0.25) is 0 Å². The maximum Gasteiger partial charge on any atom is 0.419 e. The predicted molar refractivity (Wildman–Crippen MR) is 91.9 cm³/mol. The summed E-state index contributed by atoms with van der Waals surface area (Å²) in [5.74, 6) is 0. The second-order valence-electron chi connectivity index (χ2n) is 6.13. The summed E-state index contributed by atoms with van der Waals surface area (Å²) in [4.78, 5) is 17.8. The number of fused-ring (bicyclic) bond motifs is 1. The summed E-state index contributed by atoms with van der Waals surface area (Å²) in [7, 11) is 0. The maximum atomic E-state index is 12.5. The number of hydrogen-bond donors (Lipinski definition) is 0. The van der Waals surface area contributed by atoms with Crippen molar-refractivity contribution in [3.05, 3.63) is 54.9 Å². The first-order valence-electron chi connectivity index (χ1n) is 7.36. The monoisotopic (exact) mass is 326 g/mol. The average Bonchev–Trinajstić information content (AvgIpc) is 2.86. The Bertz CT molecular complexity index is 835. The van der Waals surface area contributed by atoms with Crippen molar-refractivity contribution in [3.63, 3.8) is 0 Å². The summed E-state index contributed by atoms with van der Waals surface area (Å²) >= 11 is 1.53. The lowest BCUT2D eigenvalue weighted by atomic mass is 10.2. The van der Waals surface area contributed by atoms with Crippen LogP contribution in [0, 0.1) is 0 Å². The molecule has 0 spiro atoms. The van der Waals surface area contributed by atoms with Crippen LogP contribution in [0.2, 0.25) is 0 Å². The lowest BCUT2D eigenvalue weighted by Crippen LogP contribution is -2.26. The zero-order chi connectivity index (χ0) is 16.4. The van der Waals surface area contributed by atoms with E-state index in [1.54, 1.807) is 10.8 Å². The van der Waals surface area contributed by atoms with Gasteiger partial charge in [-0.15, -0.1) is 0 Å². The van der Waals surface area contributed by atoms with E-state index in [1.807, 2.05) is 69.4 Å². The molecule has 3 rings (SSSR count). The number of hydrogen-bond acceptors (Lipinski definition) is 4. The van der Waals surface area contributed by atoms with Crippen molar-refractivity contribution in [2.75, 3.05) is 0 Å². The van der Waals surface area contributed by atoms with E-state index in [0.717, 1.165) is 20.8 Å². The van der Waals surface area contributed by atoms with Gasteiger partial charge < -0.3 is 4.74 Å². The van der Waals surface area contributed by atoms with Crippen molar-refractivity contribution < 1.29 is 9.53 Å². The molecule has 118 valence electrons. The molecule has 0 aliphatic rings. The highest BCUT2D eigenvalue weighted by Gasteiger charge is 2.21. The fraction of sp³-hybridized carbons (Fsp3) is 0.222. The Morgan fingerprint density at radius 2 is 1.87 bits per heavy atom. The fourth-order valence-corrected chi connectivity index (χ4v) is 3.14. The molecule has 0 unspecified atom stereocenters. The summed E-state index contributed by atoms with van der Waals surface area (Å²) < 4.78 is 7.06. The maximum absolute atomic E-state index is 12.5. The van der Waals surface area contributed by atoms with E-state index in [2.05, 4.69) is 4.98 Å². The second-order valence-corrected chi connectivity index (χ2v) is 7.19. The molecule has 0 amide bonds. The normalized spacial score (nSPS) is 11.6. The number of para-hydroxylation sites is 1. The highest BCUT2D eigenvalue weighted by Crippen LogP contribution is 2.34. The predicted octanol–water partition coefficient (Wildman–Crippen LogP) is 4.97. The van der Waals surface area contributed by atoms with Crippen LogP contribution in [0.3, 0.4) is 0 Å². The van der Waals surface area contributed by atoms with Gasteiger partial charge in [0, 0.05) is 22.7 Å². The molecule has 0 saturated heterocycles. The van der Waals surface area contributed by atoms with Gasteiger partial charge >= 0.3 is 6.09 Å². The molecule has 5 heteroatoms. The Morgan fingerprint density at radius 1 is 1.13 bits per heavy atom. The SMILES string of the molecule is CC(C)(C)OC(=O)n1cc(Sc2ccccn2)c2ccccc21. The van der Waals surface area contributed by atoms with Crippen molar-refractivity contribution in [2.24, 2.45) is 0 Å². The Hall–Kier alpha value is -2.27. The van der Waals surface area contributed by atoms with Gasteiger partial charge in [0.15, 0.2) is 0 Å². The molecule has 0 saturated carbocycles. The van der Waals surface area contributed by atoms with Gasteiger partial charge in [-0.2, -0.15) is 0 Å². The highest BCUT2D eigenvalue weighted by atomic mass is 32.2. The number of rotatable bonds is 2. The molecule has 0 bridgehead atoms. The summed E-state index contributed by atoms with van der Waals surface area (Å²) in [6.07, 6.45) is 3.20. The molecule has 23 heavy (non-hydrogen) atoms. The molecule has 0 fully saturated rings. The van der Waals surface area contributed by atoms with Crippen LogP contribution in [0.25, 0.3) is 10.9 Å². The minimum Gasteiger partial charge on any atom is -0.443 e. The summed E-state index contributed by atoms with van der Waals surface area (Å²) in [5, 5.41) is 1.90. The molecule has 1 aromatic carbocycles.